The first kappa shape index (κ1) is 17.1. The fourth-order valence-corrected chi connectivity index (χ4v) is 2.14. The van der Waals surface area contributed by atoms with E-state index in [4.69, 9.17) is 4.52 Å². The quantitative estimate of drug-likeness (QED) is 0.748. The number of aromatic nitrogens is 4. The van der Waals surface area contributed by atoms with Gasteiger partial charge in [0.25, 0.3) is 5.89 Å². The van der Waals surface area contributed by atoms with Crippen LogP contribution >= 0.6 is 12.4 Å². The van der Waals surface area contributed by atoms with E-state index in [2.05, 4.69) is 25.7 Å². The lowest BCUT2D eigenvalue weighted by atomic mass is 10.1. The number of halogens is 2. The molecule has 2 heterocycles. The highest BCUT2D eigenvalue weighted by Crippen LogP contribution is 2.30. The van der Waals surface area contributed by atoms with Gasteiger partial charge in [-0.15, -0.1) is 12.4 Å². The lowest BCUT2D eigenvalue weighted by Crippen LogP contribution is -2.24. The summed E-state index contributed by atoms with van der Waals surface area (Å²) in [5, 5.41) is 13.8. The van der Waals surface area contributed by atoms with Gasteiger partial charge in [-0.25, -0.2) is 4.39 Å². The first-order valence-corrected chi connectivity index (χ1v) is 6.97. The molecule has 122 valence electrons. The number of hydrogen-bond donors (Lipinski definition) is 2. The third-order valence-corrected chi connectivity index (χ3v) is 3.46. The van der Waals surface area contributed by atoms with Crippen LogP contribution in [-0.2, 0) is 6.42 Å². The van der Waals surface area contributed by atoms with Crippen molar-refractivity contribution in [1.29, 1.82) is 0 Å². The number of rotatable bonds is 5. The van der Waals surface area contributed by atoms with Crippen LogP contribution in [0.25, 0.3) is 22.7 Å². The maximum absolute atomic E-state index is 13.9. The molecule has 0 aliphatic carbocycles. The largest absolute Gasteiger partial charge is 0.334 e. The summed E-state index contributed by atoms with van der Waals surface area (Å²) in [5.74, 6) is 0.583. The number of H-pyrrole nitrogens is 1. The van der Waals surface area contributed by atoms with Crippen molar-refractivity contribution in [3.63, 3.8) is 0 Å². The number of likely N-dealkylation sites (N-methyl/N-ethyl adjacent to an activating group) is 1. The molecule has 0 aliphatic heterocycles. The van der Waals surface area contributed by atoms with Crippen LogP contribution in [-0.4, -0.2) is 33.4 Å². The Morgan fingerprint density at radius 2 is 2.09 bits per heavy atom. The first-order valence-electron chi connectivity index (χ1n) is 6.97. The molecule has 0 aliphatic rings. The van der Waals surface area contributed by atoms with E-state index in [9.17, 15) is 4.39 Å². The van der Waals surface area contributed by atoms with Crippen LogP contribution in [0.5, 0.6) is 0 Å². The van der Waals surface area contributed by atoms with Crippen molar-refractivity contribution >= 4 is 12.4 Å². The Labute approximate surface area is 138 Å². The van der Waals surface area contributed by atoms with E-state index in [0.717, 1.165) is 0 Å². The monoisotopic (exact) mass is 337 g/mol. The summed E-state index contributed by atoms with van der Waals surface area (Å²) < 4.78 is 19.2. The van der Waals surface area contributed by atoms with Crippen LogP contribution in [0.2, 0.25) is 0 Å². The normalized spacial score (nSPS) is 12.0. The van der Waals surface area contributed by atoms with Crippen molar-refractivity contribution in [2.45, 2.75) is 19.4 Å². The standard InChI is InChI=1S/C15H16FN5O.ClH/c1-9(17-2)7-13-19-15(22-21-13)11-8-18-20-14(11)10-5-3-4-6-12(10)16;/h3-6,8-9,17H,7H2,1-2H3,(H,18,20);1H. The number of benzene rings is 1. The fraction of sp³-hybridized carbons (Fsp3) is 0.267. The van der Waals surface area contributed by atoms with Crippen molar-refractivity contribution in [3.8, 4) is 22.7 Å². The maximum atomic E-state index is 13.9. The van der Waals surface area contributed by atoms with Gasteiger partial charge in [-0.2, -0.15) is 10.1 Å². The number of aromatic amines is 1. The molecule has 0 saturated heterocycles. The molecule has 1 atom stereocenters. The minimum absolute atomic E-state index is 0. The molecule has 0 radical (unpaired) electrons. The first-order chi connectivity index (χ1) is 10.7. The molecule has 2 aromatic heterocycles. The van der Waals surface area contributed by atoms with Crippen LogP contribution in [0.15, 0.2) is 35.0 Å². The van der Waals surface area contributed by atoms with E-state index < -0.39 is 0 Å². The summed E-state index contributed by atoms with van der Waals surface area (Å²) in [4.78, 5) is 4.36. The van der Waals surface area contributed by atoms with E-state index in [-0.39, 0.29) is 24.3 Å². The van der Waals surface area contributed by atoms with Crippen LogP contribution in [0, 0.1) is 5.82 Å². The summed E-state index contributed by atoms with van der Waals surface area (Å²) in [6, 6.07) is 6.71. The third-order valence-electron chi connectivity index (χ3n) is 3.46. The molecule has 0 bridgehead atoms. The van der Waals surface area contributed by atoms with Crippen molar-refractivity contribution in [2.24, 2.45) is 0 Å². The molecule has 2 N–H and O–H groups in total. The van der Waals surface area contributed by atoms with E-state index in [1.165, 1.54) is 6.07 Å². The van der Waals surface area contributed by atoms with Crippen molar-refractivity contribution in [3.05, 3.63) is 42.1 Å². The molecule has 8 heteroatoms. The molecular weight excluding hydrogens is 321 g/mol. The highest BCUT2D eigenvalue weighted by Gasteiger charge is 2.18. The summed E-state index contributed by atoms with van der Waals surface area (Å²) >= 11 is 0. The Bertz CT molecular complexity index is 773. The van der Waals surface area contributed by atoms with E-state index in [0.29, 0.717) is 35.0 Å². The minimum atomic E-state index is -0.337. The Morgan fingerprint density at radius 3 is 2.83 bits per heavy atom. The van der Waals surface area contributed by atoms with Gasteiger partial charge in [0.2, 0.25) is 0 Å². The average molecular weight is 338 g/mol. The Kier molecular flexibility index (Phi) is 5.46. The second kappa shape index (κ2) is 7.34. The second-order valence-electron chi connectivity index (χ2n) is 5.05. The molecule has 6 nitrogen and oxygen atoms in total. The number of nitrogens with one attached hydrogen (secondary N) is 2. The van der Waals surface area contributed by atoms with E-state index in [1.54, 1.807) is 24.4 Å². The third kappa shape index (κ3) is 3.57. The molecule has 0 amide bonds. The van der Waals surface area contributed by atoms with Gasteiger partial charge >= 0.3 is 0 Å². The summed E-state index contributed by atoms with van der Waals surface area (Å²) in [5.41, 5.74) is 1.52. The summed E-state index contributed by atoms with van der Waals surface area (Å²) in [7, 11) is 1.87. The average Bonchev–Trinajstić information content (AvgIpc) is 3.16. The van der Waals surface area contributed by atoms with Gasteiger partial charge in [-0.1, -0.05) is 17.3 Å². The van der Waals surface area contributed by atoms with Crippen molar-refractivity contribution in [1.82, 2.24) is 25.7 Å². The zero-order chi connectivity index (χ0) is 15.5. The predicted molar refractivity (Wildman–Crippen MR) is 86.7 cm³/mol. The van der Waals surface area contributed by atoms with Crippen LogP contribution in [0.1, 0.15) is 12.7 Å². The SMILES string of the molecule is CNC(C)Cc1noc(-c2cn[nH]c2-c2ccccc2F)n1.Cl. The maximum Gasteiger partial charge on any atom is 0.261 e. The van der Waals surface area contributed by atoms with Crippen molar-refractivity contribution < 1.29 is 8.91 Å². The van der Waals surface area contributed by atoms with Crippen LogP contribution in [0.4, 0.5) is 4.39 Å². The van der Waals surface area contributed by atoms with Gasteiger partial charge in [0.15, 0.2) is 5.82 Å². The van der Waals surface area contributed by atoms with E-state index in [1.807, 2.05) is 14.0 Å². The summed E-state index contributed by atoms with van der Waals surface area (Å²) in [6.45, 7) is 2.03. The van der Waals surface area contributed by atoms with Crippen LogP contribution in [0.3, 0.4) is 0 Å². The predicted octanol–water partition coefficient (Wildman–Crippen LogP) is 2.84. The Morgan fingerprint density at radius 1 is 1.30 bits per heavy atom. The molecule has 1 aromatic carbocycles. The molecule has 0 fully saturated rings. The fourth-order valence-electron chi connectivity index (χ4n) is 2.14. The number of hydrogen-bond acceptors (Lipinski definition) is 5. The zero-order valence-corrected chi connectivity index (χ0v) is 13.5. The van der Waals surface area contributed by atoms with Crippen molar-refractivity contribution in [2.75, 3.05) is 7.05 Å². The lowest BCUT2D eigenvalue weighted by molar-refractivity contribution is 0.418. The van der Waals surface area contributed by atoms with Crippen LogP contribution < -0.4 is 5.32 Å². The minimum Gasteiger partial charge on any atom is -0.334 e. The highest BCUT2D eigenvalue weighted by molar-refractivity contribution is 5.85. The second-order valence-corrected chi connectivity index (χ2v) is 5.05. The molecule has 0 spiro atoms. The topological polar surface area (TPSA) is 79.6 Å². The molecular formula is C15H17ClFN5O. The van der Waals surface area contributed by atoms with Gasteiger partial charge < -0.3 is 9.84 Å². The van der Waals surface area contributed by atoms with Gasteiger partial charge in [0.1, 0.15) is 5.82 Å². The van der Waals surface area contributed by atoms with Gasteiger partial charge in [-0.3, -0.25) is 5.10 Å². The molecule has 1 unspecified atom stereocenters. The smallest absolute Gasteiger partial charge is 0.261 e. The number of nitrogens with zero attached hydrogens (tertiary/aromatic N) is 3. The van der Waals surface area contributed by atoms with Gasteiger partial charge in [-0.05, 0) is 26.1 Å². The molecule has 0 saturated carbocycles. The molecule has 23 heavy (non-hydrogen) atoms. The lowest BCUT2D eigenvalue weighted by Gasteiger charge is -2.04. The van der Waals surface area contributed by atoms with Gasteiger partial charge in [0.05, 0.1) is 17.5 Å². The Hall–Kier alpha value is -2.25. The highest BCUT2D eigenvalue weighted by atomic mass is 35.5. The van der Waals surface area contributed by atoms with E-state index >= 15 is 0 Å². The van der Waals surface area contributed by atoms with Gasteiger partial charge in [0, 0.05) is 18.0 Å². The zero-order valence-electron chi connectivity index (χ0n) is 12.7. The Balaban J connectivity index is 0.00000192. The molecule has 3 aromatic rings. The molecule has 3 rings (SSSR count). The summed E-state index contributed by atoms with van der Waals surface area (Å²) in [6.07, 6.45) is 2.20.